The van der Waals surface area contributed by atoms with Gasteiger partial charge in [0.25, 0.3) is 5.91 Å². The van der Waals surface area contributed by atoms with Crippen LogP contribution in [0.3, 0.4) is 0 Å². The van der Waals surface area contributed by atoms with Gasteiger partial charge in [0.15, 0.2) is 0 Å². The van der Waals surface area contributed by atoms with Crippen molar-refractivity contribution in [1.82, 2.24) is 15.5 Å². The van der Waals surface area contributed by atoms with Crippen LogP contribution in [0.1, 0.15) is 61.7 Å². The van der Waals surface area contributed by atoms with Gasteiger partial charge in [-0.25, -0.2) is 0 Å². The number of piperidine rings is 1. The van der Waals surface area contributed by atoms with Crippen molar-refractivity contribution < 1.29 is 29.0 Å². The summed E-state index contributed by atoms with van der Waals surface area (Å²) in [6.07, 6.45) is 3.66. The zero-order chi connectivity index (χ0) is 22.7. The van der Waals surface area contributed by atoms with Crippen LogP contribution >= 0.6 is 0 Å². The van der Waals surface area contributed by atoms with Gasteiger partial charge in [0.1, 0.15) is 18.1 Å². The van der Waals surface area contributed by atoms with Crippen molar-refractivity contribution in [3.63, 3.8) is 0 Å². The largest absolute Gasteiger partial charge is 0.434 e. The molecule has 9 nitrogen and oxygen atoms in total. The van der Waals surface area contributed by atoms with Crippen LogP contribution in [0.2, 0.25) is 0 Å². The number of esters is 1. The average Bonchev–Trinajstić information content (AvgIpc) is 3.10. The maximum atomic E-state index is 13.6. The molecule has 4 rings (SSSR count). The molecule has 5 atom stereocenters. The second-order valence-electron chi connectivity index (χ2n) is 8.72. The third kappa shape index (κ3) is 4.77. The Morgan fingerprint density at radius 1 is 0.969 bits per heavy atom. The minimum Gasteiger partial charge on any atom is -0.434 e. The molecule has 2 unspecified atom stereocenters. The maximum Gasteiger partial charge on any atom is 0.310 e. The highest BCUT2D eigenvalue weighted by molar-refractivity contribution is 5.98. The zero-order valence-electron chi connectivity index (χ0n) is 17.9. The molecular weight excluding hydrogens is 414 g/mol. The van der Waals surface area contributed by atoms with E-state index in [0.717, 1.165) is 32.1 Å². The first-order valence-corrected chi connectivity index (χ1v) is 11.3. The lowest BCUT2D eigenvalue weighted by molar-refractivity contribution is -0.156. The van der Waals surface area contributed by atoms with Gasteiger partial charge in [0, 0.05) is 11.6 Å². The molecule has 3 aliphatic heterocycles. The first-order chi connectivity index (χ1) is 15.4. The summed E-state index contributed by atoms with van der Waals surface area (Å²) in [6, 6.07) is 6.42. The predicted octanol–water partition coefficient (Wildman–Crippen LogP) is 0.859. The fraction of sp³-hybridized carbons (Fsp3) is 0.565. The Morgan fingerprint density at radius 2 is 1.69 bits per heavy atom. The number of cyclic esters (lactones) is 1. The van der Waals surface area contributed by atoms with Gasteiger partial charge in [0.2, 0.25) is 18.1 Å². The van der Waals surface area contributed by atoms with Gasteiger partial charge < -0.3 is 25.4 Å². The molecule has 32 heavy (non-hydrogen) atoms. The summed E-state index contributed by atoms with van der Waals surface area (Å²) in [6.45, 7) is 0. The van der Waals surface area contributed by atoms with Crippen molar-refractivity contribution in [3.8, 4) is 0 Å². The standard InChI is InChI=1S/C23H29N3O6/c27-19-13-17(23(31)32-19)25-21(29)18-12-6-10-15-9-4-5-11-16(22(30)26(15)18)24-20(28)14-7-2-1-3-8-14/h1-3,7-8,15-18,23,31H,4-6,9-13H2,(H,24,28)(H,25,29)/t15-,16-,17?,18-,23?/m0/s1. The molecule has 0 aliphatic carbocycles. The second kappa shape index (κ2) is 9.68. The number of aliphatic hydroxyl groups excluding tert-OH is 1. The van der Waals surface area contributed by atoms with Gasteiger partial charge in [-0.3, -0.25) is 19.2 Å². The number of hydrogen-bond acceptors (Lipinski definition) is 6. The summed E-state index contributed by atoms with van der Waals surface area (Å²) < 4.78 is 4.70. The number of nitrogens with zero attached hydrogens (tertiary/aromatic N) is 1. The first kappa shape index (κ1) is 22.3. The van der Waals surface area contributed by atoms with Crippen molar-refractivity contribution >= 4 is 23.7 Å². The van der Waals surface area contributed by atoms with E-state index in [1.165, 1.54) is 0 Å². The molecule has 3 N–H and O–H groups in total. The van der Waals surface area contributed by atoms with E-state index in [-0.39, 0.29) is 24.3 Å². The lowest BCUT2D eigenvalue weighted by Crippen LogP contribution is -2.62. The number of hydrogen-bond donors (Lipinski definition) is 3. The minimum absolute atomic E-state index is 0.0742. The highest BCUT2D eigenvalue weighted by atomic mass is 16.6. The molecule has 172 valence electrons. The minimum atomic E-state index is -1.38. The molecule has 3 saturated heterocycles. The highest BCUT2D eigenvalue weighted by Gasteiger charge is 2.43. The molecule has 0 bridgehead atoms. The number of carbonyl (C=O) groups is 4. The smallest absolute Gasteiger partial charge is 0.310 e. The molecular formula is C23H29N3O6. The Balaban J connectivity index is 1.51. The fourth-order valence-corrected chi connectivity index (χ4v) is 4.90. The van der Waals surface area contributed by atoms with Crippen molar-refractivity contribution in [2.24, 2.45) is 0 Å². The van der Waals surface area contributed by atoms with Gasteiger partial charge in [-0.05, 0) is 44.2 Å². The lowest BCUT2D eigenvalue weighted by Gasteiger charge is -2.44. The van der Waals surface area contributed by atoms with Gasteiger partial charge in [-0.1, -0.05) is 31.0 Å². The zero-order valence-corrected chi connectivity index (χ0v) is 17.9. The van der Waals surface area contributed by atoms with Gasteiger partial charge >= 0.3 is 5.97 Å². The topological polar surface area (TPSA) is 125 Å². The number of nitrogens with one attached hydrogen (secondary N) is 2. The monoisotopic (exact) mass is 443 g/mol. The number of carbonyl (C=O) groups excluding carboxylic acids is 4. The van der Waals surface area contributed by atoms with E-state index in [9.17, 15) is 24.3 Å². The van der Waals surface area contributed by atoms with Crippen molar-refractivity contribution in [3.05, 3.63) is 35.9 Å². The summed E-state index contributed by atoms with van der Waals surface area (Å²) in [5.41, 5.74) is 0.478. The van der Waals surface area contributed by atoms with Crippen LogP contribution in [-0.2, 0) is 19.1 Å². The molecule has 1 aromatic rings. The summed E-state index contributed by atoms with van der Waals surface area (Å²) in [5, 5.41) is 15.4. The molecule has 3 amide bonds. The van der Waals surface area contributed by atoms with E-state index >= 15 is 0 Å². The van der Waals surface area contributed by atoms with Crippen molar-refractivity contribution in [1.29, 1.82) is 0 Å². The Kier molecular flexibility index (Phi) is 6.74. The van der Waals surface area contributed by atoms with Crippen LogP contribution in [0.5, 0.6) is 0 Å². The molecule has 0 saturated carbocycles. The van der Waals surface area contributed by atoms with Crippen LogP contribution in [0, 0.1) is 0 Å². The molecule has 3 heterocycles. The number of fused-ring (bicyclic) bond motifs is 1. The Bertz CT molecular complexity index is 876. The lowest BCUT2D eigenvalue weighted by atomic mass is 9.88. The number of rotatable bonds is 4. The Labute approximate surface area is 186 Å². The van der Waals surface area contributed by atoms with E-state index in [0.29, 0.717) is 18.4 Å². The highest BCUT2D eigenvalue weighted by Crippen LogP contribution is 2.30. The van der Waals surface area contributed by atoms with Crippen LogP contribution in [0.15, 0.2) is 30.3 Å². The van der Waals surface area contributed by atoms with Crippen LogP contribution in [0.25, 0.3) is 0 Å². The van der Waals surface area contributed by atoms with Crippen LogP contribution in [0.4, 0.5) is 0 Å². The van der Waals surface area contributed by atoms with Crippen molar-refractivity contribution in [2.45, 2.75) is 81.8 Å². The Hall–Kier alpha value is -2.94. The molecule has 1 aromatic carbocycles. The molecule has 0 spiro atoms. The number of amides is 3. The predicted molar refractivity (Wildman–Crippen MR) is 113 cm³/mol. The summed E-state index contributed by atoms with van der Waals surface area (Å²) in [7, 11) is 0. The van der Waals surface area contributed by atoms with Gasteiger partial charge in [-0.2, -0.15) is 0 Å². The number of benzene rings is 1. The summed E-state index contributed by atoms with van der Waals surface area (Å²) >= 11 is 0. The molecule has 0 aromatic heterocycles. The third-order valence-corrected chi connectivity index (χ3v) is 6.53. The first-order valence-electron chi connectivity index (χ1n) is 11.3. The maximum absolute atomic E-state index is 13.6. The molecule has 0 radical (unpaired) electrons. The molecule has 9 heteroatoms. The SMILES string of the molecule is O=C1CC(NC(=O)[C@@H]2CCC[C@@H]3CCCC[C@H](NC(=O)c4ccccc4)C(=O)N32)C(O)O1. The summed E-state index contributed by atoms with van der Waals surface area (Å²) in [5.74, 6) is -1.54. The van der Waals surface area contributed by atoms with E-state index in [2.05, 4.69) is 10.6 Å². The van der Waals surface area contributed by atoms with Crippen LogP contribution < -0.4 is 10.6 Å². The summed E-state index contributed by atoms with van der Waals surface area (Å²) in [4.78, 5) is 52.4. The quantitative estimate of drug-likeness (QED) is 0.593. The third-order valence-electron chi connectivity index (χ3n) is 6.53. The second-order valence-corrected chi connectivity index (χ2v) is 8.72. The van der Waals surface area contributed by atoms with Crippen molar-refractivity contribution in [2.75, 3.05) is 0 Å². The van der Waals surface area contributed by atoms with E-state index in [1.807, 2.05) is 6.07 Å². The van der Waals surface area contributed by atoms with E-state index in [4.69, 9.17) is 4.74 Å². The van der Waals surface area contributed by atoms with Gasteiger partial charge in [0.05, 0.1) is 6.42 Å². The van der Waals surface area contributed by atoms with E-state index in [1.54, 1.807) is 29.2 Å². The number of aliphatic hydroxyl groups is 1. The normalized spacial score (nSPS) is 30.5. The van der Waals surface area contributed by atoms with E-state index < -0.39 is 36.3 Å². The van der Waals surface area contributed by atoms with Gasteiger partial charge in [-0.15, -0.1) is 0 Å². The Morgan fingerprint density at radius 3 is 2.41 bits per heavy atom. The molecule has 3 aliphatic rings. The molecule has 3 fully saturated rings. The average molecular weight is 444 g/mol. The fourth-order valence-electron chi connectivity index (χ4n) is 4.90. The van der Waals surface area contributed by atoms with Crippen LogP contribution in [-0.4, -0.2) is 64.2 Å². The number of ether oxygens (including phenoxy) is 1.